The Morgan fingerprint density at radius 1 is 0.554 bits per heavy atom. The van der Waals surface area contributed by atoms with E-state index in [4.69, 9.17) is 108 Å². The molecule has 11 rings (SSSR count). The SMILES string of the molecule is COC(=O)c1cc(C#Cc2ccc(OCc3c(-c4c(Cl)cccc4Cl)noc3C3CC3)cc2Cl)cc(CC(=O)OCC2CC2)c1.COC(=O)c1cc(N)cc(C#Cc2ccc(OCc3c(-c4c(Cl)cccc4Cl)noc3C3CC3)cc2Cl)c1. The van der Waals surface area contributed by atoms with Crippen LogP contribution in [-0.4, -0.2) is 49.0 Å². The molecule has 0 saturated heterocycles. The molecular formula is C64H49Cl6N3O10. The third-order valence-electron chi connectivity index (χ3n) is 13.6. The van der Waals surface area contributed by atoms with E-state index < -0.39 is 11.9 Å². The number of esters is 3. The van der Waals surface area contributed by atoms with E-state index in [-0.39, 0.29) is 25.6 Å². The number of carbonyl (C=O) groups is 3. The summed E-state index contributed by atoms with van der Waals surface area (Å²) in [4.78, 5) is 36.5. The number of benzene rings is 6. The van der Waals surface area contributed by atoms with Gasteiger partial charge < -0.3 is 38.5 Å². The minimum Gasteiger partial charge on any atom is -0.489 e. The van der Waals surface area contributed by atoms with Crippen molar-refractivity contribution in [3.05, 3.63) is 201 Å². The van der Waals surface area contributed by atoms with Crippen LogP contribution in [0.4, 0.5) is 5.69 Å². The molecule has 6 aromatic carbocycles. The average Bonchev–Trinajstić information content (AvgIpc) is 4.54. The van der Waals surface area contributed by atoms with Gasteiger partial charge in [-0.3, -0.25) is 4.79 Å². The van der Waals surface area contributed by atoms with Gasteiger partial charge in [0.05, 0.1) is 79.6 Å². The van der Waals surface area contributed by atoms with Crippen molar-refractivity contribution >= 4 is 93.2 Å². The van der Waals surface area contributed by atoms with Crippen LogP contribution in [0.5, 0.6) is 11.5 Å². The van der Waals surface area contributed by atoms with E-state index in [1.807, 2.05) is 0 Å². The topological polar surface area (TPSA) is 175 Å². The first-order chi connectivity index (χ1) is 40.1. The van der Waals surface area contributed by atoms with Gasteiger partial charge in [-0.05, 0) is 135 Å². The Morgan fingerprint density at radius 3 is 1.45 bits per heavy atom. The van der Waals surface area contributed by atoms with Crippen molar-refractivity contribution < 1.29 is 47.1 Å². The average molecular weight is 1230 g/mol. The molecule has 2 heterocycles. The number of aromatic nitrogens is 2. The minimum atomic E-state index is -0.525. The largest absolute Gasteiger partial charge is 0.489 e. The zero-order valence-electron chi connectivity index (χ0n) is 44.5. The number of halogens is 6. The monoisotopic (exact) mass is 1230 g/mol. The maximum atomic E-state index is 12.3. The third kappa shape index (κ3) is 14.8. The first-order valence-electron chi connectivity index (χ1n) is 26.2. The summed E-state index contributed by atoms with van der Waals surface area (Å²) in [6.07, 6.45) is 6.30. The Morgan fingerprint density at radius 2 is 1.01 bits per heavy atom. The highest BCUT2D eigenvalue weighted by molar-refractivity contribution is 6.40. The summed E-state index contributed by atoms with van der Waals surface area (Å²) in [7, 11) is 2.61. The first kappa shape index (κ1) is 58.6. The van der Waals surface area contributed by atoms with Gasteiger partial charge in [0.1, 0.15) is 47.6 Å². The molecule has 19 heteroatoms. The van der Waals surface area contributed by atoms with Crippen LogP contribution in [-0.2, 0) is 38.6 Å². The van der Waals surface area contributed by atoms with Gasteiger partial charge >= 0.3 is 17.9 Å². The Kier molecular flexibility index (Phi) is 18.6. The van der Waals surface area contributed by atoms with Crippen molar-refractivity contribution in [3.63, 3.8) is 0 Å². The first-order valence-corrected chi connectivity index (χ1v) is 28.5. The second-order valence-electron chi connectivity index (χ2n) is 19.9. The maximum absolute atomic E-state index is 12.3. The fourth-order valence-electron chi connectivity index (χ4n) is 8.83. The van der Waals surface area contributed by atoms with E-state index in [0.717, 1.165) is 61.2 Å². The molecule has 0 spiro atoms. The van der Waals surface area contributed by atoms with Gasteiger partial charge in [-0.2, -0.15) is 0 Å². The summed E-state index contributed by atoms with van der Waals surface area (Å²) in [5.41, 5.74) is 13.7. The zero-order valence-corrected chi connectivity index (χ0v) is 49.1. The number of hydrogen-bond acceptors (Lipinski definition) is 13. The van der Waals surface area contributed by atoms with Gasteiger partial charge in [-0.1, -0.05) is 116 Å². The highest BCUT2D eigenvalue weighted by Crippen LogP contribution is 2.48. The van der Waals surface area contributed by atoms with Crippen LogP contribution < -0.4 is 15.2 Å². The van der Waals surface area contributed by atoms with Crippen LogP contribution >= 0.6 is 69.6 Å². The molecule has 8 aromatic rings. The molecule has 0 atom stereocenters. The van der Waals surface area contributed by atoms with Crippen molar-refractivity contribution in [3.8, 4) is 57.7 Å². The van der Waals surface area contributed by atoms with E-state index in [9.17, 15) is 14.4 Å². The fourth-order valence-corrected chi connectivity index (χ4v) is 10.4. The third-order valence-corrected chi connectivity index (χ3v) is 15.5. The number of nitrogen functional groups attached to an aromatic ring is 1. The van der Waals surface area contributed by atoms with Crippen molar-refractivity contribution in [1.29, 1.82) is 0 Å². The molecule has 2 aromatic heterocycles. The summed E-state index contributed by atoms with van der Waals surface area (Å²) in [6, 6.07) is 30.8. The Balaban J connectivity index is 0.000000188. The molecular weight excluding hydrogens is 1180 g/mol. The second-order valence-corrected chi connectivity index (χ2v) is 22.3. The number of carbonyl (C=O) groups excluding carboxylic acids is 3. The molecule has 3 aliphatic rings. The number of methoxy groups -OCH3 is 2. The van der Waals surface area contributed by atoms with Crippen molar-refractivity contribution in [2.45, 2.75) is 70.0 Å². The van der Waals surface area contributed by atoms with Crippen molar-refractivity contribution in [1.82, 2.24) is 10.3 Å². The molecule has 3 saturated carbocycles. The Hall–Kier alpha value is -7.59. The quantitative estimate of drug-likeness (QED) is 0.0419. The van der Waals surface area contributed by atoms with Gasteiger partial charge in [0.2, 0.25) is 0 Å². The lowest BCUT2D eigenvalue weighted by atomic mass is 10.0. The van der Waals surface area contributed by atoms with Crippen LogP contribution in [0.3, 0.4) is 0 Å². The number of hydrogen-bond donors (Lipinski definition) is 1. The molecule has 2 N–H and O–H groups in total. The maximum Gasteiger partial charge on any atom is 0.337 e. The molecule has 83 heavy (non-hydrogen) atoms. The van der Waals surface area contributed by atoms with Gasteiger partial charge in [0.25, 0.3) is 0 Å². The molecule has 0 aliphatic heterocycles. The lowest BCUT2D eigenvalue weighted by molar-refractivity contribution is -0.143. The highest BCUT2D eigenvalue weighted by Gasteiger charge is 2.35. The molecule has 0 bridgehead atoms. The van der Waals surface area contributed by atoms with Crippen LogP contribution in [0.25, 0.3) is 22.5 Å². The van der Waals surface area contributed by atoms with Crippen molar-refractivity contribution in [2.24, 2.45) is 5.92 Å². The van der Waals surface area contributed by atoms with Gasteiger partial charge in [0.15, 0.2) is 0 Å². The van der Waals surface area contributed by atoms with Crippen LogP contribution in [0, 0.1) is 29.6 Å². The molecule has 0 unspecified atom stereocenters. The number of rotatable bonds is 16. The summed E-state index contributed by atoms with van der Waals surface area (Å²) in [6.45, 7) is 0.810. The lowest BCUT2D eigenvalue weighted by Crippen LogP contribution is -2.11. The summed E-state index contributed by atoms with van der Waals surface area (Å²) >= 11 is 38.9. The van der Waals surface area contributed by atoms with Gasteiger partial charge in [0, 0.05) is 63.0 Å². The Labute approximate surface area is 508 Å². The van der Waals surface area contributed by atoms with E-state index in [0.29, 0.717) is 133 Å². The van der Waals surface area contributed by atoms with E-state index in [1.165, 1.54) is 20.3 Å². The highest BCUT2D eigenvalue weighted by atomic mass is 35.5. The van der Waals surface area contributed by atoms with Crippen LogP contribution in [0.15, 0.2) is 118 Å². The number of ether oxygens (including phenoxy) is 5. The summed E-state index contributed by atoms with van der Waals surface area (Å²) in [5, 5.41) is 11.3. The zero-order chi connectivity index (χ0) is 58.3. The van der Waals surface area contributed by atoms with Crippen LogP contribution in [0.1, 0.15) is 122 Å². The summed E-state index contributed by atoms with van der Waals surface area (Å²) < 4.78 is 38.7. The predicted octanol–water partition coefficient (Wildman–Crippen LogP) is 16.0. The number of nitrogens with two attached hydrogens (primary N) is 1. The molecule has 3 aliphatic carbocycles. The molecule has 0 amide bonds. The molecule has 3 fully saturated rings. The minimum absolute atomic E-state index is 0.0259. The number of anilines is 1. The summed E-state index contributed by atoms with van der Waals surface area (Å²) in [5.74, 6) is 14.5. The fraction of sp³-hybridized carbons (Fsp3) is 0.234. The predicted molar refractivity (Wildman–Crippen MR) is 319 cm³/mol. The number of nitrogens with zero attached hydrogens (tertiary/aromatic N) is 2. The van der Waals surface area contributed by atoms with E-state index in [1.54, 1.807) is 103 Å². The lowest BCUT2D eigenvalue weighted by Gasteiger charge is -2.10. The Bertz CT molecular complexity index is 3890. The van der Waals surface area contributed by atoms with Gasteiger partial charge in [-0.15, -0.1) is 0 Å². The van der Waals surface area contributed by atoms with Crippen LogP contribution in [0.2, 0.25) is 30.1 Å². The molecule has 422 valence electrons. The molecule has 0 radical (unpaired) electrons. The van der Waals surface area contributed by atoms with E-state index in [2.05, 4.69) is 34.0 Å². The standard InChI is InChI=1S/C35H28Cl3NO6.C29H21Cl3N2O4/c1-42-35(41)25-14-21(13-22(15-25)16-31(40)44-18-20-5-6-20)7-8-23-11-12-26(17-30(23)38)43-19-27-33(39-45-34(27)24-9-10-24)32-28(36)3-2-4-29(32)37;1-36-29(35)19-11-16(12-20(33)13-19)5-6-17-9-10-21(14-25(17)32)37-15-22-27(34-38-28(22)18-7-8-18)26-23(30)3-2-4-24(26)31/h2-4,11-15,17,20,24H,5-6,9-10,16,18-19H2,1H3;2-4,9-14,18H,7-8,15,33H2,1H3. The van der Waals surface area contributed by atoms with Crippen molar-refractivity contribution in [2.75, 3.05) is 26.6 Å². The van der Waals surface area contributed by atoms with E-state index >= 15 is 0 Å². The van der Waals surface area contributed by atoms with Gasteiger partial charge in [-0.25, -0.2) is 9.59 Å². The normalized spacial score (nSPS) is 13.3. The molecule has 13 nitrogen and oxygen atoms in total. The smallest absolute Gasteiger partial charge is 0.337 e. The second kappa shape index (κ2) is 26.3.